The van der Waals surface area contributed by atoms with Crippen molar-refractivity contribution in [2.75, 3.05) is 13.2 Å². The quantitative estimate of drug-likeness (QED) is 0.0859. The van der Waals surface area contributed by atoms with Crippen LogP contribution in [0.5, 0.6) is 0 Å². The Hall–Kier alpha value is -2.14. The number of carbonyl (C=O) groups excluding carboxylic acids is 2. The molecule has 2 rings (SSSR count). The zero-order valence-electron chi connectivity index (χ0n) is 24.4. The van der Waals surface area contributed by atoms with E-state index in [1.54, 1.807) is 0 Å². The zero-order chi connectivity index (χ0) is 28.4. The Bertz CT molecular complexity index is 841. The van der Waals surface area contributed by atoms with Gasteiger partial charge in [0.15, 0.2) is 0 Å². The van der Waals surface area contributed by atoms with Crippen LogP contribution in [0.2, 0.25) is 0 Å². The highest BCUT2D eigenvalue weighted by molar-refractivity contribution is 9.09. The van der Waals surface area contributed by atoms with Crippen molar-refractivity contribution in [3.05, 3.63) is 71.8 Å². The van der Waals surface area contributed by atoms with E-state index in [1.165, 1.54) is 36.8 Å². The minimum atomic E-state index is -0.0609. The smallest absolute Gasteiger partial charge is 0.305 e. The van der Waals surface area contributed by atoms with E-state index in [0.717, 1.165) is 57.8 Å². The van der Waals surface area contributed by atoms with Crippen molar-refractivity contribution in [1.29, 1.82) is 0 Å². The molecule has 218 valence electrons. The summed E-state index contributed by atoms with van der Waals surface area (Å²) in [5.74, 6) is -0.0983. The van der Waals surface area contributed by atoms with Crippen molar-refractivity contribution in [2.24, 2.45) is 0 Å². The van der Waals surface area contributed by atoms with Gasteiger partial charge in [0.25, 0.3) is 0 Å². The first kappa shape index (κ1) is 34.9. The number of ether oxygens (including phenoxy) is 2. The highest BCUT2D eigenvalue weighted by Gasteiger charge is 2.09. The van der Waals surface area contributed by atoms with Crippen LogP contribution in [0.15, 0.2) is 60.7 Å². The maximum atomic E-state index is 11.6. The second-order valence-electron chi connectivity index (χ2n) is 10.0. The Morgan fingerprint density at radius 1 is 0.641 bits per heavy atom. The van der Waals surface area contributed by atoms with Crippen LogP contribution in [0.25, 0.3) is 0 Å². The molecule has 0 N–H and O–H groups in total. The number of aryl methyl sites for hydroxylation is 1. The number of halogens is 1. The van der Waals surface area contributed by atoms with E-state index in [9.17, 15) is 9.59 Å². The molecule has 0 bridgehead atoms. The highest BCUT2D eigenvalue weighted by Crippen LogP contribution is 2.27. The van der Waals surface area contributed by atoms with E-state index >= 15 is 0 Å². The summed E-state index contributed by atoms with van der Waals surface area (Å²) >= 11 is 3.67. The molecule has 39 heavy (non-hydrogen) atoms. The van der Waals surface area contributed by atoms with E-state index in [-0.39, 0.29) is 11.9 Å². The molecule has 0 aliphatic carbocycles. The summed E-state index contributed by atoms with van der Waals surface area (Å²) < 4.78 is 10.4. The van der Waals surface area contributed by atoms with Gasteiger partial charge in [-0.2, -0.15) is 0 Å². The first-order valence-corrected chi connectivity index (χ1v) is 16.0. The first-order chi connectivity index (χ1) is 19.1. The van der Waals surface area contributed by atoms with E-state index in [4.69, 9.17) is 9.47 Å². The van der Waals surface area contributed by atoms with E-state index < -0.39 is 0 Å². The van der Waals surface area contributed by atoms with Crippen molar-refractivity contribution in [1.82, 2.24) is 0 Å². The molecule has 0 heterocycles. The maximum absolute atomic E-state index is 11.6. The van der Waals surface area contributed by atoms with Crippen LogP contribution in [-0.4, -0.2) is 25.2 Å². The Morgan fingerprint density at radius 2 is 1.15 bits per heavy atom. The van der Waals surface area contributed by atoms with Crippen molar-refractivity contribution < 1.29 is 19.1 Å². The summed E-state index contributed by atoms with van der Waals surface area (Å²) in [6, 6.07) is 20.7. The first-order valence-electron chi connectivity index (χ1n) is 15.1. The Labute approximate surface area is 246 Å². The molecule has 0 aromatic heterocycles. The summed E-state index contributed by atoms with van der Waals surface area (Å²) in [6.07, 6.45) is 15.1. The molecule has 0 saturated carbocycles. The second-order valence-corrected chi connectivity index (χ2v) is 11.1. The number of benzene rings is 2. The van der Waals surface area contributed by atoms with Gasteiger partial charge in [-0.05, 0) is 56.1 Å². The van der Waals surface area contributed by atoms with Crippen molar-refractivity contribution in [3.63, 3.8) is 0 Å². The topological polar surface area (TPSA) is 52.6 Å². The van der Waals surface area contributed by atoms with E-state index in [0.29, 0.717) is 30.9 Å². The predicted octanol–water partition coefficient (Wildman–Crippen LogP) is 9.94. The van der Waals surface area contributed by atoms with Crippen LogP contribution in [0.4, 0.5) is 0 Å². The van der Waals surface area contributed by atoms with Crippen LogP contribution in [0, 0.1) is 0 Å². The van der Waals surface area contributed by atoms with E-state index in [1.807, 2.05) is 24.3 Å². The lowest BCUT2D eigenvalue weighted by Gasteiger charge is -2.09. The standard InChI is InChI=1S/C17H25BrO2.C17H26O2/c1-2-3-4-8-14-20-17(19)13-9-12-16(18)15-10-6-5-7-11-15;1-2-3-4-10-15-19-17(18)14-9-8-13-16-11-6-5-7-12-16/h5-7,10-11,16H,2-4,8-9,12-14H2,1H3;5-7,11-12H,2-4,8-10,13-15H2,1H3. The number of carbonyl (C=O) groups is 2. The Balaban J connectivity index is 0.000000391. The number of alkyl halides is 1. The lowest BCUT2D eigenvalue weighted by atomic mass is 10.1. The van der Waals surface area contributed by atoms with Gasteiger partial charge in [0, 0.05) is 17.7 Å². The minimum Gasteiger partial charge on any atom is -0.466 e. The molecule has 1 atom stereocenters. The third-order valence-corrected chi connectivity index (χ3v) is 7.45. The number of hydrogen-bond donors (Lipinski definition) is 0. The predicted molar refractivity (Wildman–Crippen MR) is 166 cm³/mol. The zero-order valence-corrected chi connectivity index (χ0v) is 26.0. The van der Waals surface area contributed by atoms with Gasteiger partial charge in [0.1, 0.15) is 0 Å². The number of esters is 2. The molecule has 0 radical (unpaired) electrons. The number of hydrogen-bond acceptors (Lipinski definition) is 4. The van der Waals surface area contributed by atoms with Gasteiger partial charge in [0.2, 0.25) is 0 Å². The maximum Gasteiger partial charge on any atom is 0.305 e. The molecule has 5 heteroatoms. The van der Waals surface area contributed by atoms with Crippen LogP contribution >= 0.6 is 15.9 Å². The van der Waals surface area contributed by atoms with Gasteiger partial charge in [-0.25, -0.2) is 0 Å². The molecular weight excluding hydrogens is 552 g/mol. The van der Waals surface area contributed by atoms with Crippen LogP contribution in [0.1, 0.15) is 120 Å². The molecule has 0 amide bonds. The summed E-state index contributed by atoms with van der Waals surface area (Å²) in [5.41, 5.74) is 2.61. The molecule has 0 spiro atoms. The van der Waals surface area contributed by atoms with E-state index in [2.05, 4.69) is 66.2 Å². The Kier molecular flexibility index (Phi) is 22.2. The average Bonchev–Trinajstić information content (AvgIpc) is 2.96. The lowest BCUT2D eigenvalue weighted by Crippen LogP contribution is -2.06. The Morgan fingerprint density at radius 3 is 1.69 bits per heavy atom. The van der Waals surface area contributed by atoms with Gasteiger partial charge >= 0.3 is 11.9 Å². The summed E-state index contributed by atoms with van der Waals surface area (Å²) in [7, 11) is 0. The fourth-order valence-electron chi connectivity index (χ4n) is 4.07. The molecule has 2 aromatic rings. The second kappa shape index (κ2) is 24.9. The van der Waals surface area contributed by atoms with Crippen LogP contribution < -0.4 is 0 Å². The van der Waals surface area contributed by atoms with Crippen molar-refractivity contribution in [3.8, 4) is 0 Å². The van der Waals surface area contributed by atoms with Gasteiger partial charge in [-0.3, -0.25) is 9.59 Å². The minimum absolute atomic E-state index is 0.0374. The molecule has 2 aromatic carbocycles. The molecule has 1 unspecified atom stereocenters. The largest absolute Gasteiger partial charge is 0.466 e. The monoisotopic (exact) mass is 602 g/mol. The van der Waals surface area contributed by atoms with Gasteiger partial charge in [-0.1, -0.05) is 129 Å². The molecule has 0 aliphatic heterocycles. The summed E-state index contributed by atoms with van der Waals surface area (Å²) in [5, 5.41) is 0. The average molecular weight is 604 g/mol. The highest BCUT2D eigenvalue weighted by atomic mass is 79.9. The normalized spacial score (nSPS) is 11.3. The third kappa shape index (κ3) is 20.4. The molecular formula is C34H51BrO4. The molecule has 0 fully saturated rings. The lowest BCUT2D eigenvalue weighted by molar-refractivity contribution is -0.144. The molecule has 0 saturated heterocycles. The number of rotatable bonds is 20. The summed E-state index contributed by atoms with van der Waals surface area (Å²) in [6.45, 7) is 5.53. The van der Waals surface area contributed by atoms with Gasteiger partial charge in [-0.15, -0.1) is 0 Å². The van der Waals surface area contributed by atoms with Crippen LogP contribution in [0.3, 0.4) is 0 Å². The fourth-order valence-corrected chi connectivity index (χ4v) is 4.70. The van der Waals surface area contributed by atoms with Gasteiger partial charge in [0.05, 0.1) is 13.2 Å². The van der Waals surface area contributed by atoms with Crippen LogP contribution in [-0.2, 0) is 25.5 Å². The molecule has 4 nitrogen and oxygen atoms in total. The van der Waals surface area contributed by atoms with Crippen molar-refractivity contribution in [2.45, 2.75) is 115 Å². The summed E-state index contributed by atoms with van der Waals surface area (Å²) in [4.78, 5) is 23.3. The van der Waals surface area contributed by atoms with Crippen molar-refractivity contribution >= 4 is 27.9 Å². The third-order valence-electron chi connectivity index (χ3n) is 6.46. The number of unbranched alkanes of at least 4 members (excludes halogenated alkanes) is 7. The van der Waals surface area contributed by atoms with Gasteiger partial charge < -0.3 is 9.47 Å². The molecule has 0 aliphatic rings. The SMILES string of the molecule is CCCCCCOC(=O)CCCC(Br)c1ccccc1.CCCCCCOC(=O)CCCCc1ccccc1. The fraction of sp³-hybridized carbons (Fsp3) is 0.588.